The van der Waals surface area contributed by atoms with Crippen LogP contribution in [0.5, 0.6) is 0 Å². The first-order chi connectivity index (χ1) is 35.0. The molecule has 6 nitrogen and oxygen atoms in total. The van der Waals surface area contributed by atoms with Crippen LogP contribution in [0.15, 0.2) is 146 Å². The standard InChI is InChI=1S/C65H102O6/c1-4-7-10-13-16-19-22-25-28-30-32-34-37-40-43-46-49-52-55-58-64(67)70-61-62(60-69-63(66)57-54-51-48-45-42-39-36-27-24-21-18-15-12-9-6-3)71-65(68)59-56-53-50-47-44-41-38-35-33-31-29-26-23-20-17-14-11-8-5-2/h7,9-10,12-13,15-16,18-19,21-22,24-25,27-28,30,32,34,36-37,39-40,42-43,62H,4-6,8,11,14,17,20,23,26,29,31,33,35,38,41,44-61H2,1-3H3/b10-7-,12-9-,16-13-,18-15-,22-19-,24-21-,28-25-,32-30+,36-27-,37-34-,42-39-,43-40-. The van der Waals surface area contributed by atoms with E-state index in [4.69, 9.17) is 14.2 Å². The molecule has 0 aliphatic rings. The minimum absolute atomic E-state index is 0.119. The van der Waals surface area contributed by atoms with E-state index in [1.165, 1.54) is 103 Å². The predicted molar refractivity (Wildman–Crippen MR) is 306 cm³/mol. The Kier molecular flexibility index (Phi) is 54.0. The molecule has 0 bridgehead atoms. The topological polar surface area (TPSA) is 78.9 Å². The first-order valence-corrected chi connectivity index (χ1v) is 28.5. The van der Waals surface area contributed by atoms with Crippen molar-refractivity contribution in [1.82, 2.24) is 0 Å². The average Bonchev–Trinajstić information content (AvgIpc) is 3.37. The van der Waals surface area contributed by atoms with E-state index in [9.17, 15) is 14.4 Å². The van der Waals surface area contributed by atoms with Gasteiger partial charge < -0.3 is 14.2 Å². The molecule has 0 N–H and O–H groups in total. The Morgan fingerprint density at radius 2 is 0.549 bits per heavy atom. The van der Waals surface area contributed by atoms with Gasteiger partial charge in [0.25, 0.3) is 0 Å². The highest BCUT2D eigenvalue weighted by molar-refractivity contribution is 5.71. The highest BCUT2D eigenvalue weighted by Gasteiger charge is 2.19. The molecule has 0 amide bonds. The minimum Gasteiger partial charge on any atom is -0.462 e. The van der Waals surface area contributed by atoms with E-state index in [1.807, 2.05) is 122 Å². The van der Waals surface area contributed by atoms with E-state index in [-0.39, 0.29) is 31.1 Å². The van der Waals surface area contributed by atoms with Gasteiger partial charge in [-0.05, 0) is 57.8 Å². The van der Waals surface area contributed by atoms with Crippen LogP contribution < -0.4 is 0 Å². The molecule has 0 aromatic carbocycles. The van der Waals surface area contributed by atoms with Crippen molar-refractivity contribution in [2.75, 3.05) is 13.2 Å². The lowest BCUT2D eigenvalue weighted by molar-refractivity contribution is -0.167. The molecule has 0 saturated carbocycles. The van der Waals surface area contributed by atoms with Gasteiger partial charge in [0.15, 0.2) is 6.10 Å². The molecule has 0 aromatic heterocycles. The summed E-state index contributed by atoms with van der Waals surface area (Å²) < 4.78 is 16.8. The van der Waals surface area contributed by atoms with Gasteiger partial charge in [0.2, 0.25) is 0 Å². The van der Waals surface area contributed by atoms with Crippen molar-refractivity contribution in [2.45, 2.75) is 232 Å². The lowest BCUT2D eigenvalue weighted by atomic mass is 10.0. The number of allylic oxidation sites excluding steroid dienone is 24. The molecule has 0 rings (SSSR count). The number of unbranched alkanes of at least 4 members (excludes halogenated alkanes) is 24. The fourth-order valence-electron chi connectivity index (χ4n) is 7.45. The van der Waals surface area contributed by atoms with Gasteiger partial charge in [-0.15, -0.1) is 0 Å². The monoisotopic (exact) mass is 979 g/mol. The summed E-state index contributed by atoms with van der Waals surface area (Å²) >= 11 is 0. The van der Waals surface area contributed by atoms with E-state index in [0.29, 0.717) is 19.3 Å². The van der Waals surface area contributed by atoms with E-state index in [1.54, 1.807) is 0 Å². The Hall–Kier alpha value is -4.71. The van der Waals surface area contributed by atoms with Crippen molar-refractivity contribution in [3.05, 3.63) is 146 Å². The molecule has 0 heterocycles. The van der Waals surface area contributed by atoms with Crippen LogP contribution in [0, 0.1) is 0 Å². The third-order valence-corrected chi connectivity index (χ3v) is 11.7. The average molecular weight is 980 g/mol. The maximum absolute atomic E-state index is 12.9. The minimum atomic E-state index is -0.820. The first-order valence-electron chi connectivity index (χ1n) is 28.5. The number of rotatable bonds is 49. The lowest BCUT2D eigenvalue weighted by Crippen LogP contribution is -2.30. The van der Waals surface area contributed by atoms with Crippen LogP contribution in [0.25, 0.3) is 0 Å². The molecule has 0 aliphatic carbocycles. The van der Waals surface area contributed by atoms with Gasteiger partial charge in [-0.1, -0.05) is 295 Å². The third kappa shape index (κ3) is 56.1. The molecule has 6 heteroatoms. The van der Waals surface area contributed by atoms with Crippen LogP contribution in [0.4, 0.5) is 0 Å². The summed E-state index contributed by atoms with van der Waals surface area (Å²) in [6.45, 7) is 6.27. The van der Waals surface area contributed by atoms with Crippen LogP contribution in [0.3, 0.4) is 0 Å². The van der Waals surface area contributed by atoms with E-state index in [2.05, 4.69) is 45.1 Å². The summed E-state index contributed by atoms with van der Waals surface area (Å²) in [7, 11) is 0. The third-order valence-electron chi connectivity index (χ3n) is 11.7. The Morgan fingerprint density at radius 1 is 0.296 bits per heavy atom. The van der Waals surface area contributed by atoms with Gasteiger partial charge in [-0.3, -0.25) is 14.4 Å². The summed E-state index contributed by atoms with van der Waals surface area (Å²) in [5.41, 5.74) is 0. The molecule has 398 valence electrons. The van der Waals surface area contributed by atoms with E-state index >= 15 is 0 Å². The first kappa shape index (κ1) is 66.3. The molecule has 0 saturated heterocycles. The summed E-state index contributed by atoms with van der Waals surface area (Å²) in [6, 6.07) is 0. The number of carbonyl (C=O) groups excluding carboxylic acids is 3. The molecular formula is C65H102O6. The molecule has 1 unspecified atom stereocenters. The number of ether oxygens (including phenoxy) is 3. The molecule has 0 fully saturated rings. The fourth-order valence-corrected chi connectivity index (χ4v) is 7.45. The zero-order chi connectivity index (χ0) is 51.4. The van der Waals surface area contributed by atoms with Crippen molar-refractivity contribution in [3.63, 3.8) is 0 Å². The van der Waals surface area contributed by atoms with Crippen molar-refractivity contribution in [1.29, 1.82) is 0 Å². The van der Waals surface area contributed by atoms with E-state index in [0.717, 1.165) is 83.5 Å². The second-order valence-electron chi connectivity index (χ2n) is 18.4. The second kappa shape index (κ2) is 57.9. The normalized spacial score (nSPS) is 13.2. The van der Waals surface area contributed by atoms with Gasteiger partial charge in [0.1, 0.15) is 13.2 Å². The molecular weight excluding hydrogens is 877 g/mol. The summed E-state index contributed by atoms with van der Waals surface area (Å²) in [5.74, 6) is -1.00. The van der Waals surface area contributed by atoms with Gasteiger partial charge in [0.05, 0.1) is 0 Å². The summed E-state index contributed by atoms with van der Waals surface area (Å²) in [4.78, 5) is 38.2. The summed E-state index contributed by atoms with van der Waals surface area (Å²) in [5, 5.41) is 0. The maximum atomic E-state index is 12.9. The van der Waals surface area contributed by atoms with Crippen LogP contribution in [-0.4, -0.2) is 37.2 Å². The largest absolute Gasteiger partial charge is 0.462 e. The quantitative estimate of drug-likeness (QED) is 0.0262. The van der Waals surface area contributed by atoms with Crippen LogP contribution in [0.2, 0.25) is 0 Å². The zero-order valence-electron chi connectivity index (χ0n) is 45.4. The highest BCUT2D eigenvalue weighted by Crippen LogP contribution is 2.16. The van der Waals surface area contributed by atoms with Crippen molar-refractivity contribution < 1.29 is 28.6 Å². The van der Waals surface area contributed by atoms with Crippen molar-refractivity contribution in [2.24, 2.45) is 0 Å². The molecule has 71 heavy (non-hydrogen) atoms. The molecule has 1 atom stereocenters. The van der Waals surface area contributed by atoms with Crippen molar-refractivity contribution >= 4 is 17.9 Å². The second-order valence-corrected chi connectivity index (χ2v) is 18.4. The Labute approximate surface area is 436 Å². The number of hydrogen-bond donors (Lipinski definition) is 0. The van der Waals surface area contributed by atoms with Crippen LogP contribution in [-0.2, 0) is 28.6 Å². The van der Waals surface area contributed by atoms with Gasteiger partial charge in [0, 0.05) is 19.3 Å². The van der Waals surface area contributed by atoms with Crippen LogP contribution >= 0.6 is 0 Å². The maximum Gasteiger partial charge on any atom is 0.306 e. The smallest absolute Gasteiger partial charge is 0.306 e. The molecule has 0 aromatic rings. The summed E-state index contributed by atoms with van der Waals surface area (Å²) in [6.07, 6.45) is 82.6. The van der Waals surface area contributed by atoms with Crippen molar-refractivity contribution in [3.8, 4) is 0 Å². The fraction of sp³-hybridized carbons (Fsp3) is 0.585. The Morgan fingerprint density at radius 3 is 0.859 bits per heavy atom. The number of carbonyl (C=O) groups is 3. The van der Waals surface area contributed by atoms with Gasteiger partial charge in [-0.2, -0.15) is 0 Å². The lowest BCUT2D eigenvalue weighted by Gasteiger charge is -2.18. The SMILES string of the molecule is CC\C=C/C=C\C=C/C=C\C=C/CCCCCC(=O)OCC(COC(=O)CCCCC\C=C/C=C\C=C\C=C/C=C\C=C/C=C\CC)OC(=O)CCCCCCCCCCCCCCCCCCCCC. The molecule has 0 spiro atoms. The Bertz CT molecular complexity index is 1590. The number of hydrogen-bond acceptors (Lipinski definition) is 6. The Balaban J connectivity index is 4.55. The van der Waals surface area contributed by atoms with E-state index < -0.39 is 6.10 Å². The predicted octanol–water partition coefficient (Wildman–Crippen LogP) is 19.2. The van der Waals surface area contributed by atoms with Crippen LogP contribution in [0.1, 0.15) is 226 Å². The zero-order valence-corrected chi connectivity index (χ0v) is 45.4. The number of esters is 3. The van der Waals surface area contributed by atoms with Gasteiger partial charge >= 0.3 is 17.9 Å². The highest BCUT2D eigenvalue weighted by atomic mass is 16.6. The molecule has 0 radical (unpaired) electrons. The van der Waals surface area contributed by atoms with Gasteiger partial charge in [-0.25, -0.2) is 0 Å². The molecule has 0 aliphatic heterocycles.